The van der Waals surface area contributed by atoms with Crippen LogP contribution in [0.15, 0.2) is 54.6 Å². The molecule has 0 spiro atoms. The standard InChI is InChI=1S/C25H36/c1-23-17-15-16-22-25(23)21-14-9-7-5-3-2-4-6-8-11-18-24-19-12-10-13-20-24/h10,12-13,15-17,19-20,22H,2-9,11,14,18,21H2,1H3. The summed E-state index contributed by atoms with van der Waals surface area (Å²) in [7, 11) is 0. The number of unbranched alkanes of at least 4 members (excludes halogenated alkanes) is 9. The predicted molar refractivity (Wildman–Crippen MR) is 111 cm³/mol. The fraction of sp³-hybridized carbons (Fsp3) is 0.520. The van der Waals surface area contributed by atoms with Crippen LogP contribution in [-0.4, -0.2) is 0 Å². The largest absolute Gasteiger partial charge is 0.0622 e. The van der Waals surface area contributed by atoms with Crippen molar-refractivity contribution in [3.05, 3.63) is 71.3 Å². The summed E-state index contributed by atoms with van der Waals surface area (Å²) in [5.74, 6) is 0. The van der Waals surface area contributed by atoms with E-state index in [1.807, 2.05) is 0 Å². The first-order valence-electron chi connectivity index (χ1n) is 10.4. The highest BCUT2D eigenvalue weighted by atomic mass is 14.0. The molecule has 0 heterocycles. The third kappa shape index (κ3) is 8.91. The lowest BCUT2D eigenvalue weighted by molar-refractivity contribution is 0.551. The third-order valence-electron chi connectivity index (χ3n) is 5.27. The monoisotopic (exact) mass is 336 g/mol. The van der Waals surface area contributed by atoms with Gasteiger partial charge in [0.25, 0.3) is 0 Å². The fourth-order valence-corrected chi connectivity index (χ4v) is 3.59. The zero-order valence-corrected chi connectivity index (χ0v) is 16.2. The van der Waals surface area contributed by atoms with Gasteiger partial charge in [0.05, 0.1) is 0 Å². The number of aryl methyl sites for hydroxylation is 3. The van der Waals surface area contributed by atoms with Gasteiger partial charge in [0.1, 0.15) is 0 Å². The second-order valence-corrected chi connectivity index (χ2v) is 7.45. The normalized spacial score (nSPS) is 10.9. The first kappa shape index (κ1) is 19.8. The molecule has 0 atom stereocenters. The highest BCUT2D eigenvalue weighted by molar-refractivity contribution is 5.25. The third-order valence-corrected chi connectivity index (χ3v) is 5.27. The molecule has 0 unspecified atom stereocenters. The molecule has 25 heavy (non-hydrogen) atoms. The molecular weight excluding hydrogens is 300 g/mol. The van der Waals surface area contributed by atoms with Crippen LogP contribution in [0.5, 0.6) is 0 Å². The van der Waals surface area contributed by atoms with Gasteiger partial charge in [0, 0.05) is 0 Å². The van der Waals surface area contributed by atoms with Crippen LogP contribution in [0.4, 0.5) is 0 Å². The minimum atomic E-state index is 1.25. The zero-order chi connectivity index (χ0) is 17.6. The van der Waals surface area contributed by atoms with Crippen molar-refractivity contribution in [3.63, 3.8) is 0 Å². The van der Waals surface area contributed by atoms with Crippen molar-refractivity contribution in [1.29, 1.82) is 0 Å². The van der Waals surface area contributed by atoms with Crippen molar-refractivity contribution in [1.82, 2.24) is 0 Å². The smallest absolute Gasteiger partial charge is 0.0276 e. The van der Waals surface area contributed by atoms with Crippen LogP contribution >= 0.6 is 0 Å². The molecule has 0 fully saturated rings. The van der Waals surface area contributed by atoms with E-state index in [0.29, 0.717) is 0 Å². The van der Waals surface area contributed by atoms with Gasteiger partial charge in [-0.2, -0.15) is 0 Å². The van der Waals surface area contributed by atoms with E-state index in [1.165, 1.54) is 93.7 Å². The highest BCUT2D eigenvalue weighted by Crippen LogP contribution is 2.15. The molecule has 0 heteroatoms. The maximum absolute atomic E-state index is 2.28. The Morgan fingerprint density at radius 2 is 0.960 bits per heavy atom. The molecule has 2 aromatic rings. The summed E-state index contributed by atoms with van der Waals surface area (Å²) in [6.45, 7) is 2.23. The lowest BCUT2D eigenvalue weighted by atomic mass is 10.0. The summed E-state index contributed by atoms with van der Waals surface area (Å²) < 4.78 is 0. The Kier molecular flexibility index (Phi) is 10.1. The van der Waals surface area contributed by atoms with Crippen LogP contribution in [0.2, 0.25) is 0 Å². The van der Waals surface area contributed by atoms with E-state index in [4.69, 9.17) is 0 Å². The van der Waals surface area contributed by atoms with Gasteiger partial charge in [-0.25, -0.2) is 0 Å². The molecule has 0 aliphatic heterocycles. The first-order chi connectivity index (χ1) is 12.4. The van der Waals surface area contributed by atoms with Crippen LogP contribution < -0.4 is 0 Å². The number of hydrogen-bond acceptors (Lipinski definition) is 0. The Bertz CT molecular complexity index is 555. The number of rotatable bonds is 13. The van der Waals surface area contributed by atoms with Crippen molar-refractivity contribution >= 4 is 0 Å². The lowest BCUT2D eigenvalue weighted by Crippen LogP contribution is -1.89. The molecule has 0 aliphatic carbocycles. The van der Waals surface area contributed by atoms with Gasteiger partial charge < -0.3 is 0 Å². The molecule has 0 bridgehead atoms. The second kappa shape index (κ2) is 12.8. The summed E-state index contributed by atoms with van der Waals surface area (Å²) >= 11 is 0. The van der Waals surface area contributed by atoms with Crippen molar-refractivity contribution in [2.45, 2.75) is 84.0 Å². The molecule has 0 aromatic heterocycles. The molecule has 0 saturated carbocycles. The Labute approximate surface area is 155 Å². The first-order valence-corrected chi connectivity index (χ1v) is 10.4. The van der Waals surface area contributed by atoms with Crippen LogP contribution in [0.3, 0.4) is 0 Å². The molecule has 0 nitrogen and oxygen atoms in total. The Morgan fingerprint density at radius 1 is 0.480 bits per heavy atom. The van der Waals surface area contributed by atoms with E-state index >= 15 is 0 Å². The van der Waals surface area contributed by atoms with Gasteiger partial charge in [0.2, 0.25) is 0 Å². The summed E-state index contributed by atoms with van der Waals surface area (Å²) in [6, 6.07) is 19.7. The van der Waals surface area contributed by atoms with E-state index in [0.717, 1.165) is 0 Å². The van der Waals surface area contributed by atoms with Gasteiger partial charge in [-0.1, -0.05) is 106 Å². The molecule has 0 N–H and O–H groups in total. The SMILES string of the molecule is Cc1ccccc1CCCCCCCCCCCCc1ccccc1. The zero-order valence-electron chi connectivity index (χ0n) is 16.2. The van der Waals surface area contributed by atoms with Gasteiger partial charge in [0.15, 0.2) is 0 Å². The lowest BCUT2D eigenvalue weighted by Gasteiger charge is -2.05. The van der Waals surface area contributed by atoms with Gasteiger partial charge in [-0.3, -0.25) is 0 Å². The van der Waals surface area contributed by atoms with Gasteiger partial charge >= 0.3 is 0 Å². The van der Waals surface area contributed by atoms with Gasteiger partial charge in [-0.15, -0.1) is 0 Å². The Hall–Kier alpha value is -1.56. The average Bonchev–Trinajstić information content (AvgIpc) is 2.65. The van der Waals surface area contributed by atoms with E-state index in [9.17, 15) is 0 Å². The molecule has 2 rings (SSSR count). The maximum Gasteiger partial charge on any atom is -0.0276 e. The van der Waals surface area contributed by atoms with E-state index < -0.39 is 0 Å². The van der Waals surface area contributed by atoms with Crippen LogP contribution in [0.1, 0.15) is 80.9 Å². The Morgan fingerprint density at radius 3 is 1.56 bits per heavy atom. The molecule has 2 aromatic carbocycles. The summed E-state index contributed by atoms with van der Waals surface area (Å²) in [6.07, 6.45) is 16.6. The van der Waals surface area contributed by atoms with Crippen LogP contribution in [-0.2, 0) is 12.8 Å². The maximum atomic E-state index is 2.28. The van der Waals surface area contributed by atoms with E-state index in [2.05, 4.69) is 61.5 Å². The topological polar surface area (TPSA) is 0 Å². The van der Waals surface area contributed by atoms with Gasteiger partial charge in [-0.05, 0) is 49.3 Å². The molecular formula is C25H36. The average molecular weight is 337 g/mol. The minimum Gasteiger partial charge on any atom is -0.0622 e. The summed E-state index contributed by atoms with van der Waals surface area (Å²) in [5.41, 5.74) is 4.49. The molecule has 0 radical (unpaired) electrons. The van der Waals surface area contributed by atoms with Crippen molar-refractivity contribution in [2.24, 2.45) is 0 Å². The molecule has 0 aliphatic rings. The van der Waals surface area contributed by atoms with Crippen LogP contribution in [0.25, 0.3) is 0 Å². The van der Waals surface area contributed by atoms with Crippen LogP contribution in [0, 0.1) is 6.92 Å². The van der Waals surface area contributed by atoms with E-state index in [-0.39, 0.29) is 0 Å². The number of benzene rings is 2. The summed E-state index contributed by atoms with van der Waals surface area (Å²) in [4.78, 5) is 0. The van der Waals surface area contributed by atoms with Crippen molar-refractivity contribution in [3.8, 4) is 0 Å². The quantitative estimate of drug-likeness (QED) is 0.329. The fourth-order valence-electron chi connectivity index (χ4n) is 3.59. The summed E-state index contributed by atoms with van der Waals surface area (Å²) in [5, 5.41) is 0. The van der Waals surface area contributed by atoms with Crippen molar-refractivity contribution in [2.75, 3.05) is 0 Å². The molecule has 0 saturated heterocycles. The second-order valence-electron chi connectivity index (χ2n) is 7.45. The van der Waals surface area contributed by atoms with Crippen molar-refractivity contribution < 1.29 is 0 Å². The highest BCUT2D eigenvalue weighted by Gasteiger charge is 1.98. The Balaban J connectivity index is 1.35. The molecule has 136 valence electrons. The number of hydrogen-bond donors (Lipinski definition) is 0. The van der Waals surface area contributed by atoms with E-state index in [1.54, 1.807) is 0 Å². The predicted octanol–water partition coefficient (Wildman–Crippen LogP) is 7.68. The molecule has 0 amide bonds. The minimum absolute atomic E-state index is 1.25.